The maximum Gasteiger partial charge on any atom is 2.00 e. The molecule has 0 N–H and O–H groups in total. The van der Waals surface area contributed by atoms with Gasteiger partial charge in [-0.25, -0.2) is 12.2 Å². The summed E-state index contributed by atoms with van der Waals surface area (Å²) in [5, 5.41) is 0. The third-order valence-electron chi connectivity index (χ3n) is 10.5. The summed E-state index contributed by atoms with van der Waals surface area (Å²) in [5.74, 6) is 1.49. The summed E-state index contributed by atoms with van der Waals surface area (Å²) in [6.07, 6.45) is 17.3. The van der Waals surface area contributed by atoms with Gasteiger partial charge < -0.3 is 0 Å². The zero-order valence-corrected chi connectivity index (χ0v) is 32.4. The predicted molar refractivity (Wildman–Crippen MR) is 209 cm³/mol. The molecular formula is C48H44N2Zr. The fraction of sp³-hybridized carbons (Fsp3) is 0.208. The molecule has 51 heavy (non-hydrogen) atoms. The first-order chi connectivity index (χ1) is 24.6. The molecule has 4 atom stereocenters. The van der Waals surface area contributed by atoms with Crippen LogP contribution in [0.2, 0.25) is 0 Å². The summed E-state index contributed by atoms with van der Waals surface area (Å²) in [6.45, 7) is 9.04. The van der Waals surface area contributed by atoms with E-state index in [4.69, 9.17) is 0 Å². The summed E-state index contributed by atoms with van der Waals surface area (Å²) in [6, 6.07) is 43.3. The Morgan fingerprint density at radius 3 is 1.27 bits per heavy atom. The number of hydrogen-bond acceptors (Lipinski definition) is 2. The molecule has 2 heterocycles. The number of hydrogen-bond donors (Lipinski definition) is 0. The quantitative estimate of drug-likeness (QED) is 0.145. The topological polar surface area (TPSA) is 25.8 Å². The summed E-state index contributed by atoms with van der Waals surface area (Å²) in [5.41, 5.74) is 15.2. The van der Waals surface area contributed by atoms with Crippen LogP contribution < -0.4 is 0 Å². The van der Waals surface area contributed by atoms with Crippen molar-refractivity contribution in [3.63, 3.8) is 0 Å². The minimum absolute atomic E-state index is 0. The Balaban J connectivity index is 0.000000172. The van der Waals surface area contributed by atoms with Crippen LogP contribution in [0, 0.1) is 12.2 Å². The van der Waals surface area contributed by atoms with Gasteiger partial charge in [-0.15, -0.1) is 11.1 Å². The predicted octanol–water partition coefficient (Wildman–Crippen LogP) is 12.4. The fourth-order valence-corrected chi connectivity index (χ4v) is 7.04. The molecule has 0 bridgehead atoms. The molecule has 2 aromatic heterocycles. The zero-order valence-electron chi connectivity index (χ0n) is 30.0. The Kier molecular flexibility index (Phi) is 11.9. The number of benzene rings is 4. The van der Waals surface area contributed by atoms with Crippen molar-refractivity contribution in [1.82, 2.24) is 9.97 Å². The molecule has 2 aliphatic rings. The van der Waals surface area contributed by atoms with Gasteiger partial charge in [0.05, 0.1) is 0 Å². The van der Waals surface area contributed by atoms with Crippen LogP contribution in [0.25, 0.3) is 34.4 Å². The van der Waals surface area contributed by atoms with Crippen LogP contribution >= 0.6 is 0 Å². The van der Waals surface area contributed by atoms with Gasteiger partial charge in [0, 0.05) is 23.8 Å². The van der Waals surface area contributed by atoms with Gasteiger partial charge in [0.1, 0.15) is 0 Å². The van der Waals surface area contributed by atoms with Gasteiger partial charge in [-0.2, -0.15) is 11.1 Å². The zero-order chi connectivity index (χ0) is 34.5. The number of pyridine rings is 2. The van der Waals surface area contributed by atoms with Crippen LogP contribution in [-0.2, 0) is 26.2 Å². The van der Waals surface area contributed by atoms with E-state index in [9.17, 15) is 0 Å². The van der Waals surface area contributed by atoms with Crippen LogP contribution in [-0.4, -0.2) is 9.97 Å². The normalized spacial score (nSPS) is 16.3. The van der Waals surface area contributed by atoms with Gasteiger partial charge in [0.2, 0.25) is 0 Å². The van der Waals surface area contributed by atoms with Crippen LogP contribution in [0.3, 0.4) is 0 Å². The number of allylic oxidation sites excluding steroid dienone is 2. The van der Waals surface area contributed by atoms with Crippen molar-refractivity contribution in [1.29, 1.82) is 0 Å². The van der Waals surface area contributed by atoms with Crippen LogP contribution in [0.5, 0.6) is 0 Å². The fourth-order valence-electron chi connectivity index (χ4n) is 7.04. The van der Waals surface area contributed by atoms with Crippen molar-refractivity contribution in [3.8, 4) is 22.3 Å². The molecule has 0 aliphatic heterocycles. The number of rotatable bonds is 8. The van der Waals surface area contributed by atoms with Crippen LogP contribution in [0.4, 0.5) is 0 Å². The molecule has 0 fully saturated rings. The molecule has 0 amide bonds. The van der Waals surface area contributed by atoms with Crippen molar-refractivity contribution in [2.24, 2.45) is 0 Å². The minimum atomic E-state index is 0. The van der Waals surface area contributed by atoms with E-state index in [1.54, 1.807) is 0 Å². The Bertz CT molecular complexity index is 1940. The van der Waals surface area contributed by atoms with E-state index in [0.717, 1.165) is 11.4 Å². The Labute approximate surface area is 323 Å². The maximum absolute atomic E-state index is 4.52. The molecule has 6 aromatic rings. The standard InChI is InChI=1S/2C24H22N.Zr/c2*1-3-17(2)18-10-12-19(13-11-18)20-7-6-8-21-22(20)14-15-23(21)24-9-4-5-16-25-24;/h2*4-14,16-17,23H,3H2,1-2H3;/q2*-1;+2. The molecule has 2 nitrogen and oxygen atoms in total. The molecule has 2 aliphatic carbocycles. The van der Waals surface area contributed by atoms with Crippen molar-refractivity contribution in [3.05, 3.63) is 191 Å². The second-order valence-electron chi connectivity index (χ2n) is 13.5. The van der Waals surface area contributed by atoms with Gasteiger partial charge in [-0.05, 0) is 83.0 Å². The van der Waals surface area contributed by atoms with Crippen LogP contribution in [0.15, 0.2) is 134 Å². The summed E-state index contributed by atoms with van der Waals surface area (Å²) >= 11 is 0. The summed E-state index contributed by atoms with van der Waals surface area (Å²) < 4.78 is 0. The van der Waals surface area contributed by atoms with Gasteiger partial charge in [-0.1, -0.05) is 136 Å². The SMILES string of the molecule is CCC(C)c1ccc(-c2cccc3c2C=[C-]C3c2ccccn2)cc1.CCC(C)c1ccc(-c2cccc3c2C=[C-]C3c2ccccn2)cc1.[Zr+2]. The van der Waals surface area contributed by atoms with Gasteiger partial charge in [-0.3, -0.25) is 22.1 Å². The van der Waals surface area contributed by atoms with Crippen molar-refractivity contribution in [2.75, 3.05) is 0 Å². The monoisotopic (exact) mass is 738 g/mol. The largest absolute Gasteiger partial charge is 2.00 e. The second-order valence-corrected chi connectivity index (χ2v) is 13.5. The first-order valence-electron chi connectivity index (χ1n) is 18.0. The van der Waals surface area contributed by atoms with Gasteiger partial charge >= 0.3 is 26.2 Å². The molecule has 0 saturated carbocycles. The average molecular weight is 740 g/mol. The molecule has 0 radical (unpaired) electrons. The number of nitrogens with zero attached hydrogens (tertiary/aromatic N) is 2. The maximum atomic E-state index is 4.52. The van der Waals surface area contributed by atoms with Crippen LogP contribution in [0.1, 0.15) is 109 Å². The molecule has 3 heteroatoms. The smallest absolute Gasteiger partial charge is 0.262 e. The Morgan fingerprint density at radius 1 is 0.510 bits per heavy atom. The van der Waals surface area contributed by atoms with Gasteiger partial charge in [0.25, 0.3) is 0 Å². The number of aromatic nitrogens is 2. The van der Waals surface area contributed by atoms with E-state index >= 15 is 0 Å². The molecular weight excluding hydrogens is 696 g/mol. The molecule has 8 rings (SSSR count). The Morgan fingerprint density at radius 2 is 0.922 bits per heavy atom. The third kappa shape index (κ3) is 7.75. The summed E-state index contributed by atoms with van der Waals surface area (Å²) in [4.78, 5) is 9.04. The van der Waals surface area contributed by atoms with Gasteiger partial charge in [0.15, 0.2) is 0 Å². The van der Waals surface area contributed by atoms with E-state index in [2.05, 4.69) is 159 Å². The molecule has 4 aromatic carbocycles. The number of fused-ring (bicyclic) bond motifs is 2. The van der Waals surface area contributed by atoms with E-state index < -0.39 is 0 Å². The Hall–Kier alpha value is -4.46. The molecule has 250 valence electrons. The first kappa shape index (κ1) is 36.3. The van der Waals surface area contributed by atoms with E-state index in [1.165, 1.54) is 68.5 Å². The summed E-state index contributed by atoms with van der Waals surface area (Å²) in [7, 11) is 0. The first-order valence-corrected chi connectivity index (χ1v) is 18.0. The molecule has 0 saturated heterocycles. The van der Waals surface area contributed by atoms with E-state index in [-0.39, 0.29) is 38.0 Å². The van der Waals surface area contributed by atoms with Crippen molar-refractivity contribution >= 4 is 12.2 Å². The van der Waals surface area contributed by atoms with Crippen molar-refractivity contribution in [2.45, 2.75) is 64.2 Å². The second kappa shape index (κ2) is 16.7. The van der Waals surface area contributed by atoms with Crippen molar-refractivity contribution < 1.29 is 26.2 Å². The third-order valence-corrected chi connectivity index (χ3v) is 10.5. The van der Waals surface area contributed by atoms with E-state index in [0.29, 0.717) is 11.8 Å². The average Bonchev–Trinajstić information content (AvgIpc) is 3.84. The minimum Gasteiger partial charge on any atom is -0.262 e. The molecule has 0 spiro atoms. The van der Waals surface area contributed by atoms with E-state index in [1.807, 2.05) is 36.7 Å². The molecule has 4 unspecified atom stereocenters.